The highest BCUT2D eigenvalue weighted by molar-refractivity contribution is 5.76. The zero-order valence-corrected chi connectivity index (χ0v) is 11.1. The van der Waals surface area contributed by atoms with Gasteiger partial charge < -0.3 is 15.8 Å². The first-order valence-corrected chi connectivity index (χ1v) is 6.36. The van der Waals surface area contributed by atoms with Crippen molar-refractivity contribution in [3.63, 3.8) is 0 Å². The molecule has 0 spiro atoms. The maximum absolute atomic E-state index is 11.7. The minimum Gasteiger partial charge on any atom is -0.399 e. The van der Waals surface area contributed by atoms with E-state index in [9.17, 15) is 4.79 Å². The molecular weight excluding hydrogens is 228 g/mol. The molecule has 0 saturated carbocycles. The number of nitrogens with two attached hydrogens (primary N) is 1. The van der Waals surface area contributed by atoms with Crippen LogP contribution in [0.5, 0.6) is 0 Å². The fraction of sp³-hybridized carbons (Fsp3) is 0.500. The van der Waals surface area contributed by atoms with Gasteiger partial charge in [-0.05, 0) is 38.0 Å². The summed E-state index contributed by atoms with van der Waals surface area (Å²) in [5.74, 6) is 0.0460. The summed E-state index contributed by atoms with van der Waals surface area (Å²) < 4.78 is 5.19. The molecule has 0 aromatic heterocycles. The van der Waals surface area contributed by atoms with Crippen molar-refractivity contribution in [3.05, 3.63) is 29.8 Å². The zero-order chi connectivity index (χ0) is 13.4. The zero-order valence-electron chi connectivity index (χ0n) is 11.1. The van der Waals surface area contributed by atoms with E-state index in [1.165, 1.54) is 0 Å². The van der Waals surface area contributed by atoms with E-state index in [0.29, 0.717) is 25.3 Å². The van der Waals surface area contributed by atoms with Gasteiger partial charge in [-0.15, -0.1) is 0 Å². The number of carbonyl (C=O) groups excluding carboxylic acids is 1. The Balaban J connectivity index is 2.35. The lowest BCUT2D eigenvalue weighted by Gasteiger charge is -2.14. The Labute approximate surface area is 109 Å². The third-order valence-corrected chi connectivity index (χ3v) is 2.68. The third-order valence-electron chi connectivity index (χ3n) is 2.68. The number of nitrogens with one attached hydrogen (secondary N) is 1. The van der Waals surface area contributed by atoms with Crippen molar-refractivity contribution in [2.45, 2.75) is 32.7 Å². The van der Waals surface area contributed by atoms with Gasteiger partial charge >= 0.3 is 0 Å². The molecule has 0 aliphatic heterocycles. The molecule has 4 heteroatoms. The molecule has 0 fully saturated rings. The molecule has 0 heterocycles. The van der Waals surface area contributed by atoms with E-state index in [4.69, 9.17) is 10.5 Å². The van der Waals surface area contributed by atoms with Crippen LogP contribution in [-0.2, 0) is 9.53 Å². The van der Waals surface area contributed by atoms with Gasteiger partial charge in [0.05, 0.1) is 6.04 Å². The summed E-state index contributed by atoms with van der Waals surface area (Å²) in [4.78, 5) is 11.7. The molecule has 18 heavy (non-hydrogen) atoms. The lowest BCUT2D eigenvalue weighted by atomic mass is 10.1. The topological polar surface area (TPSA) is 64.3 Å². The largest absolute Gasteiger partial charge is 0.399 e. The highest BCUT2D eigenvalue weighted by Crippen LogP contribution is 2.15. The highest BCUT2D eigenvalue weighted by Gasteiger charge is 2.09. The molecule has 0 aliphatic rings. The van der Waals surface area contributed by atoms with Crippen LogP contribution in [0.15, 0.2) is 24.3 Å². The number of anilines is 1. The highest BCUT2D eigenvalue weighted by atomic mass is 16.5. The summed E-state index contributed by atoms with van der Waals surface area (Å²) in [7, 11) is 0. The SMILES string of the molecule is CCOCCCC(=O)NC(C)c1cccc(N)c1. The minimum absolute atomic E-state index is 0.0203. The summed E-state index contributed by atoms with van der Waals surface area (Å²) in [6.07, 6.45) is 1.25. The Bertz CT molecular complexity index is 380. The van der Waals surface area contributed by atoms with E-state index in [-0.39, 0.29) is 11.9 Å². The van der Waals surface area contributed by atoms with Crippen molar-refractivity contribution in [2.24, 2.45) is 0 Å². The Morgan fingerprint density at radius 2 is 2.28 bits per heavy atom. The van der Waals surface area contributed by atoms with Gasteiger partial charge in [-0.2, -0.15) is 0 Å². The first-order chi connectivity index (χ1) is 8.63. The number of nitrogen functional groups attached to an aromatic ring is 1. The number of rotatable bonds is 7. The summed E-state index contributed by atoms with van der Waals surface area (Å²) in [6.45, 7) is 5.23. The normalized spacial score (nSPS) is 12.1. The summed E-state index contributed by atoms with van der Waals surface area (Å²) in [6, 6.07) is 7.54. The van der Waals surface area contributed by atoms with Crippen LogP contribution in [-0.4, -0.2) is 19.1 Å². The van der Waals surface area contributed by atoms with Crippen LogP contribution in [0.25, 0.3) is 0 Å². The van der Waals surface area contributed by atoms with Crippen molar-refractivity contribution in [2.75, 3.05) is 18.9 Å². The van der Waals surface area contributed by atoms with E-state index < -0.39 is 0 Å². The number of amides is 1. The number of ether oxygens (including phenoxy) is 1. The van der Waals surface area contributed by atoms with E-state index in [1.807, 2.05) is 38.1 Å². The number of carbonyl (C=O) groups is 1. The number of hydrogen-bond acceptors (Lipinski definition) is 3. The third kappa shape index (κ3) is 5.19. The van der Waals surface area contributed by atoms with E-state index >= 15 is 0 Å². The van der Waals surface area contributed by atoms with Gasteiger partial charge in [-0.25, -0.2) is 0 Å². The fourth-order valence-corrected chi connectivity index (χ4v) is 1.70. The van der Waals surface area contributed by atoms with E-state index in [2.05, 4.69) is 5.32 Å². The van der Waals surface area contributed by atoms with Gasteiger partial charge in [-0.3, -0.25) is 4.79 Å². The smallest absolute Gasteiger partial charge is 0.220 e. The van der Waals surface area contributed by atoms with Crippen molar-refractivity contribution >= 4 is 11.6 Å². The van der Waals surface area contributed by atoms with Gasteiger partial charge in [0, 0.05) is 25.3 Å². The first kappa shape index (κ1) is 14.5. The van der Waals surface area contributed by atoms with Crippen molar-refractivity contribution in [3.8, 4) is 0 Å². The second kappa shape index (κ2) is 7.71. The summed E-state index contributed by atoms with van der Waals surface area (Å²) >= 11 is 0. The monoisotopic (exact) mass is 250 g/mol. The molecule has 1 aromatic rings. The maximum Gasteiger partial charge on any atom is 0.220 e. The standard InChI is InChI=1S/C14H22N2O2/c1-3-18-9-5-8-14(17)16-11(2)12-6-4-7-13(15)10-12/h4,6-7,10-11H,3,5,8-9,15H2,1-2H3,(H,16,17). The Hall–Kier alpha value is -1.55. The minimum atomic E-state index is -0.0203. The molecular formula is C14H22N2O2. The predicted octanol–water partition coefficient (Wildman–Crippen LogP) is 2.26. The van der Waals surface area contributed by atoms with Crippen LogP contribution in [0.3, 0.4) is 0 Å². The molecule has 0 radical (unpaired) electrons. The average Bonchev–Trinajstić information content (AvgIpc) is 2.34. The van der Waals surface area contributed by atoms with Crippen LogP contribution in [0.1, 0.15) is 38.3 Å². The molecule has 3 N–H and O–H groups in total. The van der Waals surface area contributed by atoms with Gasteiger partial charge in [0.2, 0.25) is 5.91 Å². The Kier molecular flexibility index (Phi) is 6.22. The summed E-state index contributed by atoms with van der Waals surface area (Å²) in [5, 5.41) is 2.95. The van der Waals surface area contributed by atoms with Crippen LogP contribution in [0, 0.1) is 0 Å². The van der Waals surface area contributed by atoms with E-state index in [1.54, 1.807) is 0 Å². The van der Waals surface area contributed by atoms with Crippen LogP contribution < -0.4 is 11.1 Å². The molecule has 100 valence electrons. The van der Waals surface area contributed by atoms with Crippen molar-refractivity contribution < 1.29 is 9.53 Å². The molecule has 1 unspecified atom stereocenters. The number of hydrogen-bond donors (Lipinski definition) is 2. The van der Waals surface area contributed by atoms with Gasteiger partial charge in [0.1, 0.15) is 0 Å². The quantitative estimate of drug-likeness (QED) is 0.576. The van der Waals surface area contributed by atoms with Crippen LogP contribution in [0.2, 0.25) is 0 Å². The molecule has 0 aliphatic carbocycles. The lowest BCUT2D eigenvalue weighted by molar-refractivity contribution is -0.122. The Morgan fingerprint density at radius 1 is 1.50 bits per heavy atom. The van der Waals surface area contributed by atoms with Gasteiger partial charge in [-0.1, -0.05) is 12.1 Å². The van der Waals surface area contributed by atoms with Gasteiger partial charge in [0.15, 0.2) is 0 Å². The molecule has 0 saturated heterocycles. The molecule has 1 aromatic carbocycles. The van der Waals surface area contributed by atoms with Gasteiger partial charge in [0.25, 0.3) is 0 Å². The van der Waals surface area contributed by atoms with Crippen molar-refractivity contribution in [1.29, 1.82) is 0 Å². The second-order valence-electron chi connectivity index (χ2n) is 4.26. The molecule has 1 rings (SSSR count). The van der Waals surface area contributed by atoms with Crippen LogP contribution >= 0.6 is 0 Å². The maximum atomic E-state index is 11.7. The molecule has 1 amide bonds. The lowest BCUT2D eigenvalue weighted by Crippen LogP contribution is -2.26. The van der Waals surface area contributed by atoms with Crippen LogP contribution in [0.4, 0.5) is 5.69 Å². The van der Waals surface area contributed by atoms with Crippen molar-refractivity contribution in [1.82, 2.24) is 5.32 Å². The predicted molar refractivity (Wildman–Crippen MR) is 73.1 cm³/mol. The Morgan fingerprint density at radius 3 is 2.94 bits per heavy atom. The molecule has 1 atom stereocenters. The molecule has 0 bridgehead atoms. The average molecular weight is 250 g/mol. The summed E-state index contributed by atoms with van der Waals surface area (Å²) in [5.41, 5.74) is 7.45. The second-order valence-corrected chi connectivity index (χ2v) is 4.26. The molecule has 4 nitrogen and oxygen atoms in total. The van der Waals surface area contributed by atoms with E-state index in [0.717, 1.165) is 12.0 Å². The fourth-order valence-electron chi connectivity index (χ4n) is 1.70. The first-order valence-electron chi connectivity index (χ1n) is 6.36. The number of benzene rings is 1.